The van der Waals surface area contributed by atoms with Gasteiger partial charge < -0.3 is 0 Å². The number of aldehydes is 1. The molecule has 0 radical (unpaired) electrons. The molecule has 0 saturated heterocycles. The quantitative estimate of drug-likeness (QED) is 0.472. The van der Waals surface area contributed by atoms with Crippen molar-refractivity contribution in [3.05, 3.63) is 39.5 Å². The SMILES string of the molecule is CC[Te]/C(C=O)=C/c1ccccc1. The standard InChI is InChI=1S/C11H12OTe/c1-2-13-11(9-12)8-10-6-4-3-5-7-10/h3-9H,2H2,1H3/b11-8+. The maximum atomic E-state index is 10.7. The van der Waals surface area contributed by atoms with Crippen molar-refractivity contribution >= 4 is 33.3 Å². The summed E-state index contributed by atoms with van der Waals surface area (Å²) in [6.45, 7) is 2.13. The predicted molar refractivity (Wildman–Crippen MR) is 56.7 cm³/mol. The van der Waals surface area contributed by atoms with Crippen molar-refractivity contribution in [3.63, 3.8) is 0 Å². The van der Waals surface area contributed by atoms with Crippen molar-refractivity contribution in [2.75, 3.05) is 0 Å². The molecule has 0 heterocycles. The van der Waals surface area contributed by atoms with E-state index in [4.69, 9.17) is 0 Å². The molecule has 0 unspecified atom stereocenters. The van der Waals surface area contributed by atoms with Gasteiger partial charge in [0.15, 0.2) is 0 Å². The Kier molecular flexibility index (Phi) is 4.82. The molecule has 0 amide bonds. The summed E-state index contributed by atoms with van der Waals surface area (Å²) in [4.78, 5) is 10.7. The third-order valence-electron chi connectivity index (χ3n) is 1.54. The van der Waals surface area contributed by atoms with E-state index in [-0.39, 0.29) is 20.9 Å². The average molecular weight is 288 g/mol. The number of allylic oxidation sites excluding steroid dienone is 1. The number of carbonyl (C=O) groups is 1. The van der Waals surface area contributed by atoms with Crippen LogP contribution in [0.25, 0.3) is 6.08 Å². The molecule has 0 atom stereocenters. The normalized spacial score (nSPS) is 11.3. The van der Waals surface area contributed by atoms with Crippen LogP contribution in [0.2, 0.25) is 4.47 Å². The minimum atomic E-state index is -0.240. The summed E-state index contributed by atoms with van der Waals surface area (Å²) < 4.78 is 2.14. The zero-order valence-electron chi connectivity index (χ0n) is 7.57. The van der Waals surface area contributed by atoms with Gasteiger partial charge in [0.2, 0.25) is 0 Å². The van der Waals surface area contributed by atoms with Gasteiger partial charge in [-0.25, -0.2) is 0 Å². The van der Waals surface area contributed by atoms with Gasteiger partial charge in [0.1, 0.15) is 0 Å². The topological polar surface area (TPSA) is 17.1 Å². The Balaban J connectivity index is 2.79. The van der Waals surface area contributed by atoms with E-state index in [1.54, 1.807) is 0 Å². The second kappa shape index (κ2) is 5.96. The third-order valence-corrected chi connectivity index (χ3v) is 3.92. The van der Waals surface area contributed by atoms with Gasteiger partial charge in [-0.2, -0.15) is 0 Å². The van der Waals surface area contributed by atoms with Crippen LogP contribution in [-0.4, -0.2) is 27.2 Å². The van der Waals surface area contributed by atoms with E-state index in [1.807, 2.05) is 36.4 Å². The molecular weight excluding hydrogens is 276 g/mol. The summed E-state index contributed by atoms with van der Waals surface area (Å²) in [5, 5.41) is 0. The first-order chi connectivity index (χ1) is 6.36. The molecule has 68 valence electrons. The molecule has 1 aromatic carbocycles. The Morgan fingerprint density at radius 2 is 2.08 bits per heavy atom. The molecule has 0 fully saturated rings. The van der Waals surface area contributed by atoms with E-state index in [1.165, 1.54) is 0 Å². The van der Waals surface area contributed by atoms with Crippen LogP contribution in [0.4, 0.5) is 0 Å². The number of carbonyl (C=O) groups excluding carboxylic acids is 1. The van der Waals surface area contributed by atoms with Crippen LogP contribution in [-0.2, 0) is 4.79 Å². The van der Waals surface area contributed by atoms with Gasteiger partial charge in [-0.15, -0.1) is 0 Å². The Hall–Kier alpha value is -0.580. The molecule has 0 aromatic heterocycles. The fraction of sp³-hybridized carbons (Fsp3) is 0.182. The van der Waals surface area contributed by atoms with Crippen molar-refractivity contribution < 1.29 is 4.79 Å². The summed E-state index contributed by atoms with van der Waals surface area (Å²) in [6.07, 6.45) is 3.00. The van der Waals surface area contributed by atoms with Crippen LogP contribution in [0.5, 0.6) is 0 Å². The zero-order valence-corrected chi connectivity index (χ0v) is 9.90. The molecule has 0 spiro atoms. The summed E-state index contributed by atoms with van der Waals surface area (Å²) in [7, 11) is 0. The summed E-state index contributed by atoms with van der Waals surface area (Å²) in [5.41, 5.74) is 1.13. The van der Waals surface area contributed by atoms with E-state index >= 15 is 0 Å². The number of hydrogen-bond acceptors (Lipinski definition) is 1. The van der Waals surface area contributed by atoms with E-state index in [9.17, 15) is 4.79 Å². The second-order valence-corrected chi connectivity index (χ2v) is 6.33. The summed E-state index contributed by atoms with van der Waals surface area (Å²) >= 11 is -0.240. The molecule has 1 aromatic rings. The Bertz CT molecular complexity index is 290. The fourth-order valence-electron chi connectivity index (χ4n) is 0.990. The Morgan fingerprint density at radius 1 is 1.38 bits per heavy atom. The molecular formula is C11H12OTe. The van der Waals surface area contributed by atoms with E-state index in [2.05, 4.69) is 6.92 Å². The van der Waals surface area contributed by atoms with Crippen LogP contribution >= 0.6 is 0 Å². The monoisotopic (exact) mass is 290 g/mol. The van der Waals surface area contributed by atoms with Gasteiger partial charge in [-0.05, 0) is 0 Å². The van der Waals surface area contributed by atoms with Gasteiger partial charge in [-0.1, -0.05) is 0 Å². The Labute approximate surface area is 88.9 Å². The molecule has 1 nitrogen and oxygen atoms in total. The van der Waals surface area contributed by atoms with Crippen molar-refractivity contribution in [3.8, 4) is 0 Å². The number of rotatable bonds is 4. The molecule has 0 aliphatic rings. The second-order valence-electron chi connectivity index (χ2n) is 2.51. The van der Waals surface area contributed by atoms with Gasteiger partial charge in [-0.3, -0.25) is 0 Å². The number of benzene rings is 1. The van der Waals surface area contributed by atoms with Crippen LogP contribution in [0.3, 0.4) is 0 Å². The molecule has 2 heteroatoms. The van der Waals surface area contributed by atoms with Crippen molar-refractivity contribution in [2.45, 2.75) is 11.4 Å². The first-order valence-corrected chi connectivity index (χ1v) is 7.03. The molecule has 0 bridgehead atoms. The molecule has 0 aliphatic carbocycles. The Morgan fingerprint density at radius 3 is 2.62 bits per heavy atom. The van der Waals surface area contributed by atoms with Gasteiger partial charge >= 0.3 is 89.0 Å². The van der Waals surface area contributed by atoms with E-state index in [0.29, 0.717) is 0 Å². The summed E-state index contributed by atoms with van der Waals surface area (Å²) in [6, 6.07) is 9.99. The van der Waals surface area contributed by atoms with Crippen LogP contribution in [0, 0.1) is 0 Å². The molecule has 0 aliphatic heterocycles. The summed E-state index contributed by atoms with van der Waals surface area (Å²) in [5.74, 6) is 0. The average Bonchev–Trinajstić information content (AvgIpc) is 2.19. The van der Waals surface area contributed by atoms with Gasteiger partial charge in [0.05, 0.1) is 0 Å². The van der Waals surface area contributed by atoms with Crippen molar-refractivity contribution in [1.29, 1.82) is 0 Å². The fourth-order valence-corrected chi connectivity index (χ4v) is 2.76. The first-order valence-electron chi connectivity index (χ1n) is 4.21. The van der Waals surface area contributed by atoms with Crippen LogP contribution < -0.4 is 0 Å². The van der Waals surface area contributed by atoms with Crippen molar-refractivity contribution in [2.24, 2.45) is 0 Å². The molecule has 0 saturated carbocycles. The first kappa shape index (κ1) is 10.5. The minimum absolute atomic E-state index is 0.240. The van der Waals surface area contributed by atoms with E-state index < -0.39 is 0 Å². The maximum absolute atomic E-state index is 10.7. The number of hydrogen-bond donors (Lipinski definition) is 0. The third kappa shape index (κ3) is 3.76. The van der Waals surface area contributed by atoms with Crippen molar-refractivity contribution in [1.82, 2.24) is 0 Å². The zero-order chi connectivity index (χ0) is 9.52. The molecule has 0 N–H and O–H groups in total. The van der Waals surface area contributed by atoms with Gasteiger partial charge in [0, 0.05) is 0 Å². The van der Waals surface area contributed by atoms with Crippen LogP contribution in [0.1, 0.15) is 12.5 Å². The van der Waals surface area contributed by atoms with E-state index in [0.717, 1.165) is 19.9 Å². The predicted octanol–water partition coefficient (Wildman–Crippen LogP) is 2.37. The molecule has 13 heavy (non-hydrogen) atoms. The van der Waals surface area contributed by atoms with Gasteiger partial charge in [0.25, 0.3) is 0 Å². The van der Waals surface area contributed by atoms with Crippen LogP contribution in [0.15, 0.2) is 34.0 Å². The molecule has 1 rings (SSSR count).